The number of carbonyl (C=O) groups excluding carboxylic acids is 2. The lowest BCUT2D eigenvalue weighted by atomic mass is 9.94. The highest BCUT2D eigenvalue weighted by Gasteiger charge is 2.48. The van der Waals surface area contributed by atoms with Gasteiger partial charge in [0, 0.05) is 38.7 Å². The number of nitrogens with one attached hydrogen (secondary N) is 1. The average Bonchev–Trinajstić information content (AvgIpc) is 3.35. The van der Waals surface area contributed by atoms with Crippen LogP contribution in [0.3, 0.4) is 0 Å². The van der Waals surface area contributed by atoms with Crippen LogP contribution in [-0.2, 0) is 9.53 Å². The summed E-state index contributed by atoms with van der Waals surface area (Å²) >= 11 is 0. The number of carbonyl (C=O) groups is 2. The van der Waals surface area contributed by atoms with Crippen LogP contribution in [0.5, 0.6) is 0 Å². The molecular weight excluding hydrogens is 318 g/mol. The predicted molar refractivity (Wildman–Crippen MR) is 94.2 cm³/mol. The lowest BCUT2D eigenvalue weighted by Crippen LogP contribution is -2.58. The second-order valence-corrected chi connectivity index (χ2v) is 8.43. The van der Waals surface area contributed by atoms with Gasteiger partial charge in [0.2, 0.25) is 5.91 Å². The Morgan fingerprint density at radius 1 is 1.20 bits per heavy atom. The van der Waals surface area contributed by atoms with E-state index in [0.717, 1.165) is 25.8 Å². The van der Waals surface area contributed by atoms with Gasteiger partial charge in [0.1, 0.15) is 0 Å². The quantitative estimate of drug-likeness (QED) is 0.849. The molecule has 6 nitrogen and oxygen atoms in total. The first-order valence-corrected chi connectivity index (χ1v) is 10.1. The maximum atomic E-state index is 12.9. The van der Waals surface area contributed by atoms with Crippen molar-refractivity contribution in [1.29, 1.82) is 0 Å². The third-order valence-corrected chi connectivity index (χ3v) is 6.39. The monoisotopic (exact) mass is 349 g/mol. The standard InChI is InChI=1S/C19H31N3O3/c23-17-8-10-21(18(24)20-16-4-2-1-3-5-16)13-19(9-11-25-14-19)22(17)12-15-6-7-15/h15-16H,1-14H2,(H,20,24). The van der Waals surface area contributed by atoms with Crippen molar-refractivity contribution >= 4 is 11.9 Å². The van der Waals surface area contributed by atoms with Gasteiger partial charge in [0.25, 0.3) is 0 Å². The molecule has 4 rings (SSSR count). The van der Waals surface area contributed by atoms with Crippen molar-refractivity contribution in [3.63, 3.8) is 0 Å². The molecule has 4 fully saturated rings. The van der Waals surface area contributed by atoms with Gasteiger partial charge in [0.05, 0.1) is 12.1 Å². The van der Waals surface area contributed by atoms with E-state index in [1.54, 1.807) is 0 Å². The van der Waals surface area contributed by atoms with Gasteiger partial charge in [-0.1, -0.05) is 19.3 Å². The van der Waals surface area contributed by atoms with Crippen LogP contribution in [0.15, 0.2) is 0 Å². The maximum Gasteiger partial charge on any atom is 0.317 e. The Hall–Kier alpha value is -1.30. The maximum absolute atomic E-state index is 12.9. The first-order chi connectivity index (χ1) is 12.2. The van der Waals surface area contributed by atoms with Crippen molar-refractivity contribution in [2.45, 2.75) is 69.4 Å². The van der Waals surface area contributed by atoms with E-state index in [1.165, 1.54) is 32.1 Å². The minimum absolute atomic E-state index is 0.0132. The van der Waals surface area contributed by atoms with Crippen LogP contribution in [0.2, 0.25) is 0 Å². The third kappa shape index (κ3) is 3.78. The molecule has 1 N–H and O–H groups in total. The van der Waals surface area contributed by atoms with Crippen LogP contribution < -0.4 is 5.32 Å². The van der Waals surface area contributed by atoms with Gasteiger partial charge in [-0.3, -0.25) is 4.79 Å². The average molecular weight is 349 g/mol. The fraction of sp³-hybridized carbons (Fsp3) is 0.895. The van der Waals surface area contributed by atoms with Crippen LogP contribution in [0.4, 0.5) is 4.79 Å². The Morgan fingerprint density at radius 3 is 2.68 bits per heavy atom. The molecule has 3 amide bonds. The van der Waals surface area contributed by atoms with Crippen LogP contribution >= 0.6 is 0 Å². The fourth-order valence-electron chi connectivity index (χ4n) is 4.62. The van der Waals surface area contributed by atoms with E-state index in [0.29, 0.717) is 44.7 Å². The topological polar surface area (TPSA) is 61.9 Å². The van der Waals surface area contributed by atoms with E-state index in [2.05, 4.69) is 10.2 Å². The van der Waals surface area contributed by atoms with E-state index < -0.39 is 0 Å². The lowest BCUT2D eigenvalue weighted by molar-refractivity contribution is -0.136. The molecule has 2 saturated carbocycles. The highest BCUT2D eigenvalue weighted by molar-refractivity contribution is 5.80. The summed E-state index contributed by atoms with van der Waals surface area (Å²) in [5.41, 5.74) is -0.305. The molecule has 4 aliphatic rings. The molecule has 1 spiro atoms. The summed E-state index contributed by atoms with van der Waals surface area (Å²) in [5, 5.41) is 3.22. The largest absolute Gasteiger partial charge is 0.379 e. The van der Waals surface area contributed by atoms with E-state index in [1.807, 2.05) is 4.90 Å². The third-order valence-electron chi connectivity index (χ3n) is 6.39. The van der Waals surface area contributed by atoms with E-state index in [9.17, 15) is 9.59 Å². The van der Waals surface area contributed by atoms with Crippen LogP contribution in [-0.4, -0.2) is 66.2 Å². The second kappa shape index (κ2) is 7.14. The number of hydrogen-bond acceptors (Lipinski definition) is 3. The van der Waals surface area contributed by atoms with Crippen LogP contribution in [0.25, 0.3) is 0 Å². The molecule has 2 aliphatic carbocycles. The summed E-state index contributed by atoms with van der Waals surface area (Å²) < 4.78 is 5.70. The number of amides is 3. The van der Waals surface area contributed by atoms with E-state index >= 15 is 0 Å². The Labute approximate surface area is 150 Å². The van der Waals surface area contributed by atoms with Crippen LogP contribution in [0.1, 0.15) is 57.8 Å². The molecule has 2 aliphatic heterocycles. The number of hydrogen-bond donors (Lipinski definition) is 1. The van der Waals surface area contributed by atoms with Gasteiger partial charge in [-0.25, -0.2) is 4.79 Å². The van der Waals surface area contributed by atoms with Crippen molar-refractivity contribution in [1.82, 2.24) is 15.1 Å². The lowest BCUT2D eigenvalue weighted by Gasteiger charge is -2.41. The normalized spacial score (nSPS) is 31.4. The first-order valence-electron chi connectivity index (χ1n) is 10.1. The number of nitrogens with zero attached hydrogens (tertiary/aromatic N) is 2. The zero-order valence-electron chi connectivity index (χ0n) is 15.2. The number of ether oxygens (including phenoxy) is 1. The Morgan fingerprint density at radius 2 is 2.00 bits per heavy atom. The second-order valence-electron chi connectivity index (χ2n) is 8.43. The van der Waals surface area contributed by atoms with E-state index in [4.69, 9.17) is 4.74 Å². The molecule has 140 valence electrons. The van der Waals surface area contributed by atoms with Gasteiger partial charge in [-0.15, -0.1) is 0 Å². The molecule has 6 heteroatoms. The van der Waals surface area contributed by atoms with Crippen molar-refractivity contribution in [2.24, 2.45) is 5.92 Å². The molecule has 1 unspecified atom stereocenters. The molecule has 2 saturated heterocycles. The zero-order valence-corrected chi connectivity index (χ0v) is 15.2. The highest BCUT2D eigenvalue weighted by atomic mass is 16.5. The Kier molecular flexibility index (Phi) is 4.89. The molecule has 0 aromatic heterocycles. The van der Waals surface area contributed by atoms with Crippen LogP contribution in [0, 0.1) is 5.92 Å². The van der Waals surface area contributed by atoms with Gasteiger partial charge in [0.15, 0.2) is 0 Å². The summed E-state index contributed by atoms with van der Waals surface area (Å²) in [6.07, 6.45) is 9.60. The minimum atomic E-state index is -0.305. The summed E-state index contributed by atoms with van der Waals surface area (Å²) in [4.78, 5) is 29.6. The summed E-state index contributed by atoms with van der Waals surface area (Å²) in [7, 11) is 0. The van der Waals surface area contributed by atoms with Crippen molar-refractivity contribution < 1.29 is 14.3 Å². The van der Waals surface area contributed by atoms with Crippen molar-refractivity contribution in [3.05, 3.63) is 0 Å². The molecule has 25 heavy (non-hydrogen) atoms. The smallest absolute Gasteiger partial charge is 0.317 e. The zero-order chi connectivity index (χ0) is 17.3. The summed E-state index contributed by atoms with van der Waals surface area (Å²) in [6.45, 7) is 3.25. The predicted octanol–water partition coefficient (Wildman–Crippen LogP) is 2.13. The molecule has 2 heterocycles. The molecule has 0 radical (unpaired) electrons. The van der Waals surface area contributed by atoms with Gasteiger partial charge >= 0.3 is 6.03 Å². The van der Waals surface area contributed by atoms with Gasteiger partial charge in [-0.05, 0) is 38.0 Å². The molecule has 0 aromatic carbocycles. The molecule has 0 bridgehead atoms. The summed E-state index contributed by atoms with van der Waals surface area (Å²) in [5.74, 6) is 0.856. The molecule has 0 aromatic rings. The minimum Gasteiger partial charge on any atom is -0.379 e. The van der Waals surface area contributed by atoms with Crippen molar-refractivity contribution in [3.8, 4) is 0 Å². The number of urea groups is 1. The molecule has 1 atom stereocenters. The van der Waals surface area contributed by atoms with Gasteiger partial charge in [-0.2, -0.15) is 0 Å². The van der Waals surface area contributed by atoms with E-state index in [-0.39, 0.29) is 17.5 Å². The van der Waals surface area contributed by atoms with Gasteiger partial charge < -0.3 is 19.9 Å². The Bertz CT molecular complexity index is 508. The first kappa shape index (κ1) is 17.1. The summed E-state index contributed by atoms with van der Waals surface area (Å²) in [6, 6.07) is 0.317. The Balaban J connectivity index is 1.46. The highest BCUT2D eigenvalue weighted by Crippen LogP contribution is 2.36. The fourth-order valence-corrected chi connectivity index (χ4v) is 4.62. The molecular formula is C19H31N3O3. The number of rotatable bonds is 3. The SMILES string of the molecule is O=C(NC1CCCCC1)N1CCC(=O)N(CC2CC2)C2(CCOC2)C1. The van der Waals surface area contributed by atoms with Crippen molar-refractivity contribution in [2.75, 3.05) is 32.8 Å².